The van der Waals surface area contributed by atoms with Crippen LogP contribution in [0.25, 0.3) is 0 Å². The predicted octanol–water partition coefficient (Wildman–Crippen LogP) is 1.20. The summed E-state index contributed by atoms with van der Waals surface area (Å²) < 4.78 is 0.515. The van der Waals surface area contributed by atoms with Crippen LogP contribution in [0.2, 0.25) is 0 Å². The first-order valence-corrected chi connectivity index (χ1v) is 5.38. The number of rotatable bonds is 7. The van der Waals surface area contributed by atoms with Gasteiger partial charge in [-0.3, -0.25) is 4.79 Å². The molecule has 0 spiro atoms. The lowest BCUT2D eigenvalue weighted by molar-refractivity contribution is -0.886. The molecule has 0 amide bonds. The second-order valence-corrected chi connectivity index (χ2v) is 4.74. The summed E-state index contributed by atoms with van der Waals surface area (Å²) in [7, 11) is 5.83. The Bertz CT molecular complexity index is 173. The first-order valence-electron chi connectivity index (χ1n) is 5.38. The molecule has 0 aromatic rings. The van der Waals surface area contributed by atoms with E-state index in [2.05, 4.69) is 6.92 Å². The van der Waals surface area contributed by atoms with Gasteiger partial charge >= 0.3 is 0 Å². The topological polar surface area (TPSA) is 37.3 Å². The maximum absolute atomic E-state index is 11.7. The van der Waals surface area contributed by atoms with E-state index in [1.165, 1.54) is 0 Å². The van der Waals surface area contributed by atoms with Crippen molar-refractivity contribution in [2.45, 2.75) is 38.6 Å². The van der Waals surface area contributed by atoms with Crippen molar-refractivity contribution in [3.63, 3.8) is 0 Å². The molecule has 0 aromatic carbocycles. The van der Waals surface area contributed by atoms with E-state index in [0.717, 1.165) is 19.3 Å². The summed E-state index contributed by atoms with van der Waals surface area (Å²) in [5.41, 5.74) is 0. The van der Waals surface area contributed by atoms with Crippen LogP contribution in [0.5, 0.6) is 0 Å². The first kappa shape index (κ1) is 13.6. The predicted molar refractivity (Wildman–Crippen MR) is 58.1 cm³/mol. The zero-order valence-corrected chi connectivity index (χ0v) is 9.92. The van der Waals surface area contributed by atoms with Gasteiger partial charge in [-0.15, -0.1) is 0 Å². The molecule has 0 heterocycles. The number of nitrogens with zero attached hydrogens (tertiary/aromatic N) is 1. The molecule has 84 valence electrons. The normalized spacial score (nSPS) is 14.1. The number of quaternary nitrogens is 1. The number of hydrogen-bond donors (Lipinski definition) is 1. The van der Waals surface area contributed by atoms with Gasteiger partial charge in [0.1, 0.15) is 6.61 Å². The highest BCUT2D eigenvalue weighted by Gasteiger charge is 2.29. The number of aliphatic hydroxyl groups is 1. The summed E-state index contributed by atoms with van der Waals surface area (Å²) in [6.45, 7) is 2.07. The molecule has 0 aromatic heterocycles. The Morgan fingerprint density at radius 3 is 2.21 bits per heavy atom. The number of hydrogen-bond acceptors (Lipinski definition) is 2. The maximum atomic E-state index is 11.7. The number of ketones is 1. The lowest BCUT2D eigenvalue weighted by atomic mass is 10.0. The number of aliphatic hydroxyl groups excluding tert-OH is 1. The van der Waals surface area contributed by atoms with Gasteiger partial charge in [0, 0.05) is 6.42 Å². The largest absolute Gasteiger partial charge is 0.390 e. The Kier molecular flexibility index (Phi) is 5.96. The van der Waals surface area contributed by atoms with E-state index in [1.807, 2.05) is 21.1 Å². The zero-order chi connectivity index (χ0) is 11.2. The molecule has 3 heteroatoms. The van der Waals surface area contributed by atoms with E-state index < -0.39 is 0 Å². The highest BCUT2D eigenvalue weighted by molar-refractivity contribution is 5.83. The summed E-state index contributed by atoms with van der Waals surface area (Å²) in [5, 5.41) is 9.15. The van der Waals surface area contributed by atoms with Gasteiger partial charge in [-0.2, -0.15) is 0 Å². The molecule has 0 radical (unpaired) electrons. The number of carbonyl (C=O) groups is 1. The van der Waals surface area contributed by atoms with Crippen molar-refractivity contribution in [2.75, 3.05) is 27.7 Å². The van der Waals surface area contributed by atoms with Gasteiger partial charge < -0.3 is 9.59 Å². The van der Waals surface area contributed by atoms with Gasteiger partial charge in [-0.25, -0.2) is 0 Å². The van der Waals surface area contributed by atoms with Crippen LogP contribution in [-0.2, 0) is 4.79 Å². The molecule has 0 rings (SSSR count). The van der Waals surface area contributed by atoms with Gasteiger partial charge in [-0.05, 0) is 6.42 Å². The van der Waals surface area contributed by atoms with E-state index in [9.17, 15) is 4.79 Å². The third kappa shape index (κ3) is 4.72. The molecule has 0 fully saturated rings. The standard InChI is InChI=1S/C11H24NO2/c1-5-6-7-8-11(14)10(9-13)12(2,3)4/h10,13H,5-9H2,1-4H3/q+1. The summed E-state index contributed by atoms with van der Waals surface area (Å²) in [6, 6.07) is -0.258. The van der Waals surface area contributed by atoms with Crippen molar-refractivity contribution in [1.29, 1.82) is 0 Å². The number of likely N-dealkylation sites (N-methyl/N-ethyl adjacent to an activating group) is 1. The Morgan fingerprint density at radius 1 is 1.29 bits per heavy atom. The third-order valence-corrected chi connectivity index (χ3v) is 2.51. The minimum Gasteiger partial charge on any atom is -0.390 e. The molecule has 0 saturated heterocycles. The second kappa shape index (κ2) is 6.14. The van der Waals surface area contributed by atoms with Crippen molar-refractivity contribution in [2.24, 2.45) is 0 Å². The van der Waals surface area contributed by atoms with Crippen LogP contribution in [-0.4, -0.2) is 49.2 Å². The van der Waals surface area contributed by atoms with Crippen molar-refractivity contribution < 1.29 is 14.4 Å². The van der Waals surface area contributed by atoms with Crippen LogP contribution in [0, 0.1) is 0 Å². The molecular weight excluding hydrogens is 178 g/mol. The lowest BCUT2D eigenvalue weighted by Crippen LogP contribution is -2.51. The highest BCUT2D eigenvalue weighted by atomic mass is 16.3. The van der Waals surface area contributed by atoms with Crippen LogP contribution in [0.1, 0.15) is 32.6 Å². The highest BCUT2D eigenvalue weighted by Crippen LogP contribution is 2.09. The minimum absolute atomic E-state index is 0.0472. The molecular formula is C11H24NO2+. The van der Waals surface area contributed by atoms with Crippen molar-refractivity contribution in [3.05, 3.63) is 0 Å². The quantitative estimate of drug-likeness (QED) is 0.497. The first-order chi connectivity index (χ1) is 6.43. The summed E-state index contributed by atoms with van der Waals surface area (Å²) in [5.74, 6) is 0.188. The van der Waals surface area contributed by atoms with E-state index in [-0.39, 0.29) is 18.4 Å². The number of Topliss-reactive ketones (excluding diaryl/α,β-unsaturated/α-hetero) is 1. The molecule has 1 N–H and O–H groups in total. The Hall–Kier alpha value is -0.410. The Balaban J connectivity index is 4.06. The van der Waals surface area contributed by atoms with Crippen LogP contribution in [0.4, 0.5) is 0 Å². The molecule has 0 aliphatic carbocycles. The molecule has 0 aliphatic heterocycles. The average Bonchev–Trinajstić information content (AvgIpc) is 2.03. The second-order valence-electron chi connectivity index (χ2n) is 4.74. The Morgan fingerprint density at radius 2 is 1.86 bits per heavy atom. The van der Waals surface area contributed by atoms with Crippen molar-refractivity contribution >= 4 is 5.78 Å². The van der Waals surface area contributed by atoms with Crippen molar-refractivity contribution in [1.82, 2.24) is 0 Å². The van der Waals surface area contributed by atoms with E-state index in [1.54, 1.807) is 0 Å². The summed E-state index contributed by atoms with van der Waals surface area (Å²) in [4.78, 5) is 11.7. The van der Waals surface area contributed by atoms with Crippen LogP contribution < -0.4 is 0 Å². The van der Waals surface area contributed by atoms with Crippen LogP contribution in [0.3, 0.4) is 0 Å². The molecule has 14 heavy (non-hydrogen) atoms. The smallest absolute Gasteiger partial charge is 0.192 e. The molecule has 0 aliphatic rings. The molecule has 3 nitrogen and oxygen atoms in total. The van der Waals surface area contributed by atoms with Gasteiger partial charge in [0.05, 0.1) is 21.1 Å². The minimum atomic E-state index is -0.258. The fraction of sp³-hybridized carbons (Fsp3) is 0.909. The summed E-state index contributed by atoms with van der Waals surface area (Å²) in [6.07, 6.45) is 3.78. The summed E-state index contributed by atoms with van der Waals surface area (Å²) >= 11 is 0. The molecule has 1 unspecified atom stereocenters. The van der Waals surface area contributed by atoms with Gasteiger partial charge in [0.25, 0.3) is 0 Å². The maximum Gasteiger partial charge on any atom is 0.192 e. The Labute approximate surface area is 87.3 Å². The number of carbonyl (C=O) groups excluding carboxylic acids is 1. The fourth-order valence-electron chi connectivity index (χ4n) is 1.49. The lowest BCUT2D eigenvalue weighted by Gasteiger charge is -2.31. The zero-order valence-electron chi connectivity index (χ0n) is 9.92. The SMILES string of the molecule is CCCCCC(=O)C(CO)[N+](C)(C)C. The van der Waals surface area contributed by atoms with E-state index >= 15 is 0 Å². The monoisotopic (exact) mass is 202 g/mol. The molecule has 0 bridgehead atoms. The van der Waals surface area contributed by atoms with E-state index in [4.69, 9.17) is 5.11 Å². The van der Waals surface area contributed by atoms with Crippen LogP contribution in [0.15, 0.2) is 0 Å². The van der Waals surface area contributed by atoms with E-state index in [0.29, 0.717) is 10.9 Å². The van der Waals surface area contributed by atoms with Gasteiger partial charge in [-0.1, -0.05) is 19.8 Å². The fourth-order valence-corrected chi connectivity index (χ4v) is 1.49. The molecule has 1 atom stereocenters. The number of unbranched alkanes of at least 4 members (excludes halogenated alkanes) is 2. The van der Waals surface area contributed by atoms with Gasteiger partial charge in [0.2, 0.25) is 0 Å². The molecule has 0 saturated carbocycles. The third-order valence-electron chi connectivity index (χ3n) is 2.51. The van der Waals surface area contributed by atoms with Crippen LogP contribution >= 0.6 is 0 Å². The average molecular weight is 202 g/mol. The van der Waals surface area contributed by atoms with Crippen molar-refractivity contribution in [3.8, 4) is 0 Å². The van der Waals surface area contributed by atoms with Gasteiger partial charge in [0.15, 0.2) is 11.8 Å².